The summed E-state index contributed by atoms with van der Waals surface area (Å²) in [5.41, 5.74) is 1.94. The Morgan fingerprint density at radius 3 is 2.52 bits per heavy atom. The van der Waals surface area contributed by atoms with E-state index in [0.717, 1.165) is 15.2 Å². The zero-order valence-corrected chi connectivity index (χ0v) is 18.5. The van der Waals surface area contributed by atoms with Crippen LogP contribution in [0.4, 0.5) is 11.4 Å². The summed E-state index contributed by atoms with van der Waals surface area (Å²) < 4.78 is 28.3. The topological polar surface area (TPSA) is 79.4 Å². The van der Waals surface area contributed by atoms with Crippen molar-refractivity contribution in [2.24, 2.45) is 0 Å². The molecule has 0 atom stereocenters. The summed E-state index contributed by atoms with van der Waals surface area (Å²) in [5, 5.41) is 3.69. The number of carbonyl (C=O) groups excluding carboxylic acids is 1. The van der Waals surface area contributed by atoms with Crippen LogP contribution in [0, 0.1) is 0 Å². The smallest absolute Gasteiger partial charge is 0.264 e. The Morgan fingerprint density at radius 1 is 1.00 bits per heavy atom. The summed E-state index contributed by atoms with van der Waals surface area (Å²) >= 11 is 1.58. The number of thiazole rings is 1. The molecule has 0 radical (unpaired) electrons. The minimum absolute atomic E-state index is 0.114. The first-order chi connectivity index (χ1) is 14.9. The highest BCUT2D eigenvalue weighted by molar-refractivity contribution is 7.92. The van der Waals surface area contributed by atoms with E-state index >= 15 is 0 Å². The maximum Gasteiger partial charge on any atom is 0.264 e. The molecule has 1 aromatic heterocycles. The Hall–Kier alpha value is -3.23. The van der Waals surface area contributed by atoms with Crippen molar-refractivity contribution >= 4 is 48.9 Å². The average Bonchev–Trinajstić information content (AvgIpc) is 3.21. The van der Waals surface area contributed by atoms with Crippen molar-refractivity contribution in [1.29, 1.82) is 0 Å². The van der Waals surface area contributed by atoms with Gasteiger partial charge in [0.2, 0.25) is 5.91 Å². The second-order valence-corrected chi connectivity index (χ2v) is 10.0. The summed E-state index contributed by atoms with van der Waals surface area (Å²) in [5.74, 6) is -0.190. The molecule has 8 heteroatoms. The number of rotatable bonds is 7. The molecule has 0 fully saturated rings. The summed E-state index contributed by atoms with van der Waals surface area (Å²) in [7, 11) is -2.24. The molecule has 0 aliphatic carbocycles. The third-order valence-corrected chi connectivity index (χ3v) is 7.68. The van der Waals surface area contributed by atoms with Crippen molar-refractivity contribution in [3.63, 3.8) is 0 Å². The number of benzene rings is 3. The quantitative estimate of drug-likeness (QED) is 0.442. The first-order valence-electron chi connectivity index (χ1n) is 9.72. The minimum Gasteiger partial charge on any atom is -0.326 e. The van der Waals surface area contributed by atoms with Crippen LogP contribution in [-0.4, -0.2) is 26.4 Å². The fourth-order valence-corrected chi connectivity index (χ4v) is 5.35. The fourth-order valence-electron chi connectivity index (χ4n) is 3.14. The molecule has 4 aromatic rings. The van der Waals surface area contributed by atoms with E-state index in [-0.39, 0.29) is 17.2 Å². The Labute approximate surface area is 185 Å². The van der Waals surface area contributed by atoms with E-state index in [2.05, 4.69) is 10.3 Å². The van der Waals surface area contributed by atoms with Crippen molar-refractivity contribution < 1.29 is 13.2 Å². The fraction of sp³-hybridized carbons (Fsp3) is 0.130. The third-order valence-electron chi connectivity index (χ3n) is 4.80. The number of nitrogens with zero attached hydrogens (tertiary/aromatic N) is 2. The standard InChI is InChI=1S/C23H21N3O3S2/c1-26(18-9-3-2-4-10-18)31(28,29)19-11-7-8-17(16-19)24-22(27)14-15-23-25-20-12-5-6-13-21(20)30-23/h2-13,16H,14-15H2,1H3,(H,24,27). The molecule has 0 unspecified atom stereocenters. The molecule has 0 bridgehead atoms. The van der Waals surface area contributed by atoms with Gasteiger partial charge < -0.3 is 5.32 Å². The van der Waals surface area contributed by atoms with Gasteiger partial charge in [-0.1, -0.05) is 36.4 Å². The van der Waals surface area contributed by atoms with E-state index in [4.69, 9.17) is 0 Å². The van der Waals surface area contributed by atoms with Crippen molar-refractivity contribution in [1.82, 2.24) is 4.98 Å². The Balaban J connectivity index is 1.43. The SMILES string of the molecule is CN(c1ccccc1)S(=O)(=O)c1cccc(NC(=O)CCc2nc3ccccc3s2)c1. The molecule has 0 aliphatic heterocycles. The van der Waals surface area contributed by atoms with E-state index in [1.165, 1.54) is 23.5 Å². The monoisotopic (exact) mass is 451 g/mol. The van der Waals surface area contributed by atoms with Crippen molar-refractivity contribution in [3.05, 3.63) is 83.9 Å². The van der Waals surface area contributed by atoms with E-state index in [0.29, 0.717) is 17.8 Å². The molecule has 0 aliphatic rings. The number of carbonyl (C=O) groups is 1. The van der Waals surface area contributed by atoms with Gasteiger partial charge in [-0.25, -0.2) is 13.4 Å². The molecule has 0 saturated heterocycles. The van der Waals surface area contributed by atoms with Crippen LogP contribution in [0.3, 0.4) is 0 Å². The number of hydrogen-bond acceptors (Lipinski definition) is 5. The van der Waals surface area contributed by atoms with Gasteiger partial charge in [-0.2, -0.15) is 0 Å². The number of aryl methyl sites for hydroxylation is 1. The summed E-state index contributed by atoms with van der Waals surface area (Å²) in [6.07, 6.45) is 0.792. The molecule has 1 N–H and O–H groups in total. The molecule has 6 nitrogen and oxygen atoms in total. The van der Waals surface area contributed by atoms with Gasteiger partial charge in [-0.3, -0.25) is 9.10 Å². The molecule has 31 heavy (non-hydrogen) atoms. The molecule has 0 saturated carbocycles. The zero-order valence-electron chi connectivity index (χ0n) is 16.9. The van der Waals surface area contributed by atoms with Crippen LogP contribution in [0.5, 0.6) is 0 Å². The molecular weight excluding hydrogens is 430 g/mol. The Bertz CT molecular complexity index is 1290. The van der Waals surface area contributed by atoms with Crippen LogP contribution in [0.2, 0.25) is 0 Å². The van der Waals surface area contributed by atoms with E-state index in [9.17, 15) is 13.2 Å². The lowest BCUT2D eigenvalue weighted by atomic mass is 10.2. The second-order valence-electron chi connectivity index (χ2n) is 6.96. The number of amides is 1. The van der Waals surface area contributed by atoms with Gasteiger partial charge in [0.05, 0.1) is 25.8 Å². The van der Waals surface area contributed by atoms with E-state index in [1.54, 1.807) is 47.7 Å². The highest BCUT2D eigenvalue weighted by atomic mass is 32.2. The predicted octanol–water partition coefficient (Wildman–Crippen LogP) is 4.69. The van der Waals surface area contributed by atoms with Crippen LogP contribution < -0.4 is 9.62 Å². The van der Waals surface area contributed by atoms with Gasteiger partial charge in [0, 0.05) is 25.6 Å². The number of hydrogen-bond donors (Lipinski definition) is 1. The van der Waals surface area contributed by atoms with Crippen LogP contribution in [-0.2, 0) is 21.2 Å². The predicted molar refractivity (Wildman–Crippen MR) is 125 cm³/mol. The first-order valence-corrected chi connectivity index (χ1v) is 12.0. The van der Waals surface area contributed by atoms with Gasteiger partial charge in [-0.15, -0.1) is 11.3 Å². The van der Waals surface area contributed by atoms with Gasteiger partial charge in [0.1, 0.15) is 0 Å². The van der Waals surface area contributed by atoms with Gasteiger partial charge in [0.15, 0.2) is 0 Å². The third kappa shape index (κ3) is 4.76. The van der Waals surface area contributed by atoms with Crippen LogP contribution >= 0.6 is 11.3 Å². The number of aromatic nitrogens is 1. The van der Waals surface area contributed by atoms with Crippen molar-refractivity contribution in [2.75, 3.05) is 16.7 Å². The lowest BCUT2D eigenvalue weighted by Gasteiger charge is -2.19. The number of nitrogens with one attached hydrogen (secondary N) is 1. The average molecular weight is 452 g/mol. The number of para-hydroxylation sites is 2. The van der Waals surface area contributed by atoms with Gasteiger partial charge in [-0.05, 0) is 42.5 Å². The highest BCUT2D eigenvalue weighted by Gasteiger charge is 2.21. The van der Waals surface area contributed by atoms with Gasteiger partial charge in [0.25, 0.3) is 10.0 Å². The Kier molecular flexibility index (Phi) is 6.01. The second kappa shape index (κ2) is 8.87. The molecule has 1 heterocycles. The highest BCUT2D eigenvalue weighted by Crippen LogP contribution is 2.25. The molecule has 158 valence electrons. The van der Waals surface area contributed by atoms with Crippen LogP contribution in [0.25, 0.3) is 10.2 Å². The first kappa shape index (κ1) is 21.0. The molecular formula is C23H21N3O3S2. The van der Waals surface area contributed by atoms with E-state index < -0.39 is 10.0 Å². The number of sulfonamides is 1. The van der Waals surface area contributed by atoms with Gasteiger partial charge >= 0.3 is 0 Å². The zero-order chi connectivity index (χ0) is 21.8. The molecule has 4 rings (SSSR count). The molecule has 0 spiro atoms. The number of fused-ring (bicyclic) bond motifs is 1. The molecule has 1 amide bonds. The van der Waals surface area contributed by atoms with Crippen molar-refractivity contribution in [3.8, 4) is 0 Å². The van der Waals surface area contributed by atoms with Crippen LogP contribution in [0.15, 0.2) is 83.8 Å². The van der Waals surface area contributed by atoms with E-state index in [1.807, 2.05) is 30.3 Å². The maximum absolute atomic E-state index is 13.0. The summed E-state index contributed by atoms with van der Waals surface area (Å²) in [6.45, 7) is 0. The normalized spacial score (nSPS) is 11.4. The largest absolute Gasteiger partial charge is 0.326 e. The Morgan fingerprint density at radius 2 is 1.74 bits per heavy atom. The lowest BCUT2D eigenvalue weighted by Crippen LogP contribution is -2.26. The van der Waals surface area contributed by atoms with Crippen molar-refractivity contribution in [2.45, 2.75) is 17.7 Å². The maximum atomic E-state index is 13.0. The summed E-state index contributed by atoms with van der Waals surface area (Å²) in [4.78, 5) is 17.1. The number of anilines is 2. The minimum atomic E-state index is -3.75. The lowest BCUT2D eigenvalue weighted by molar-refractivity contribution is -0.116. The van der Waals surface area contributed by atoms with Crippen LogP contribution in [0.1, 0.15) is 11.4 Å². The molecule has 3 aromatic carbocycles. The summed E-state index contributed by atoms with van der Waals surface area (Å²) in [6, 6.07) is 23.0.